The van der Waals surface area contributed by atoms with E-state index in [1.165, 1.54) is 11.3 Å². The first kappa shape index (κ1) is 14.8. The smallest absolute Gasteiger partial charge is 0.265 e. The molecule has 0 aliphatic carbocycles. The van der Waals surface area contributed by atoms with E-state index in [0.29, 0.717) is 10.7 Å². The maximum absolute atomic E-state index is 12.5. The largest absolute Gasteiger partial charge is 0.397 e. The van der Waals surface area contributed by atoms with E-state index in [9.17, 15) is 8.42 Å². The second kappa shape index (κ2) is 5.06. The van der Waals surface area contributed by atoms with Gasteiger partial charge in [-0.2, -0.15) is 0 Å². The van der Waals surface area contributed by atoms with Crippen molar-refractivity contribution in [3.8, 4) is 0 Å². The molecule has 0 saturated heterocycles. The number of nitrogens with zero attached hydrogens (tertiary/aromatic N) is 1. The van der Waals surface area contributed by atoms with Crippen LogP contribution in [0.1, 0.15) is 21.7 Å². The molecule has 20 heavy (non-hydrogen) atoms. The predicted octanol–water partition coefficient (Wildman–Crippen LogP) is 2.76. The fourth-order valence-corrected chi connectivity index (χ4v) is 4.33. The van der Waals surface area contributed by atoms with Crippen molar-refractivity contribution < 1.29 is 8.42 Å². The third kappa shape index (κ3) is 2.64. The first-order valence-corrected chi connectivity index (χ1v) is 8.35. The van der Waals surface area contributed by atoms with E-state index < -0.39 is 10.0 Å². The van der Waals surface area contributed by atoms with Gasteiger partial charge >= 0.3 is 0 Å². The third-order valence-corrected chi connectivity index (χ3v) is 5.79. The number of rotatable bonds is 3. The summed E-state index contributed by atoms with van der Waals surface area (Å²) in [7, 11) is -3.73. The van der Waals surface area contributed by atoms with Gasteiger partial charge in [0.2, 0.25) is 0 Å². The molecule has 1 heterocycles. The molecule has 1 aromatic heterocycles. The van der Waals surface area contributed by atoms with Crippen molar-refractivity contribution >= 4 is 32.2 Å². The third-order valence-electron chi connectivity index (χ3n) is 3.13. The predicted molar refractivity (Wildman–Crippen MR) is 82.7 cm³/mol. The molecule has 2 aromatic rings. The van der Waals surface area contributed by atoms with E-state index in [2.05, 4.69) is 9.71 Å². The molecule has 0 bridgehead atoms. The topological polar surface area (TPSA) is 85.1 Å². The molecule has 0 atom stereocenters. The first-order valence-electron chi connectivity index (χ1n) is 6.05. The van der Waals surface area contributed by atoms with E-state index in [-0.39, 0.29) is 10.6 Å². The van der Waals surface area contributed by atoms with E-state index >= 15 is 0 Å². The molecular formula is C13H17N3O2S2. The van der Waals surface area contributed by atoms with Crippen LogP contribution in [0, 0.1) is 27.7 Å². The van der Waals surface area contributed by atoms with Crippen molar-refractivity contribution in [2.24, 2.45) is 0 Å². The average molecular weight is 311 g/mol. The summed E-state index contributed by atoms with van der Waals surface area (Å²) in [5, 5.41) is 0.361. The van der Waals surface area contributed by atoms with Crippen LogP contribution in [-0.2, 0) is 10.0 Å². The number of sulfonamides is 1. The van der Waals surface area contributed by atoms with Crippen molar-refractivity contribution in [1.82, 2.24) is 4.98 Å². The molecule has 5 nitrogen and oxygen atoms in total. The molecule has 1 aromatic carbocycles. The Bertz CT molecular complexity index is 745. The molecule has 7 heteroatoms. The normalized spacial score (nSPS) is 11.6. The van der Waals surface area contributed by atoms with E-state index in [1.54, 1.807) is 26.0 Å². The van der Waals surface area contributed by atoms with Gasteiger partial charge in [0.1, 0.15) is 4.90 Å². The molecule has 0 amide bonds. The number of nitrogen functional groups attached to an aromatic ring is 1. The number of nitrogens with two attached hydrogens (primary N) is 1. The zero-order valence-electron chi connectivity index (χ0n) is 11.8. The Morgan fingerprint density at radius 2 is 1.75 bits per heavy atom. The van der Waals surface area contributed by atoms with Gasteiger partial charge in [-0.15, -0.1) is 11.3 Å². The summed E-state index contributed by atoms with van der Waals surface area (Å²) in [6.07, 6.45) is 0. The Morgan fingerprint density at radius 3 is 2.30 bits per heavy atom. The Labute approximate surface area is 122 Å². The van der Waals surface area contributed by atoms with Gasteiger partial charge in [-0.3, -0.25) is 4.72 Å². The molecular weight excluding hydrogens is 294 g/mol. The molecule has 0 radical (unpaired) electrons. The number of aryl methyl sites for hydroxylation is 4. The van der Waals surface area contributed by atoms with Crippen LogP contribution in [0.2, 0.25) is 0 Å². The minimum absolute atomic E-state index is 0.128. The SMILES string of the molecule is Cc1ccc(C)c(S(=O)(=O)Nc2nc(C)c(C)s2)c1N. The summed E-state index contributed by atoms with van der Waals surface area (Å²) in [6, 6.07) is 3.56. The number of benzene rings is 1. The number of thiazole rings is 1. The molecule has 0 aliphatic heterocycles. The van der Waals surface area contributed by atoms with Crippen molar-refractivity contribution in [2.45, 2.75) is 32.6 Å². The van der Waals surface area contributed by atoms with Gasteiger partial charge in [0.25, 0.3) is 10.0 Å². The van der Waals surface area contributed by atoms with Crippen molar-refractivity contribution in [3.05, 3.63) is 33.8 Å². The lowest BCUT2D eigenvalue weighted by Gasteiger charge is -2.12. The van der Waals surface area contributed by atoms with Gasteiger partial charge in [0.05, 0.1) is 11.4 Å². The highest BCUT2D eigenvalue weighted by molar-refractivity contribution is 7.93. The number of hydrogen-bond acceptors (Lipinski definition) is 5. The maximum Gasteiger partial charge on any atom is 0.265 e. The quantitative estimate of drug-likeness (QED) is 0.854. The van der Waals surface area contributed by atoms with Crippen LogP contribution in [0.15, 0.2) is 17.0 Å². The van der Waals surface area contributed by atoms with Crippen LogP contribution in [0.5, 0.6) is 0 Å². The van der Waals surface area contributed by atoms with Gasteiger partial charge in [0.15, 0.2) is 5.13 Å². The maximum atomic E-state index is 12.5. The van der Waals surface area contributed by atoms with Gasteiger partial charge in [0, 0.05) is 4.88 Å². The molecule has 0 fully saturated rings. The van der Waals surface area contributed by atoms with Crippen LogP contribution in [0.4, 0.5) is 10.8 Å². The Morgan fingerprint density at radius 1 is 1.15 bits per heavy atom. The molecule has 2 rings (SSSR count). The number of nitrogens with one attached hydrogen (secondary N) is 1. The van der Waals surface area contributed by atoms with E-state index in [1.807, 2.05) is 13.8 Å². The minimum Gasteiger partial charge on any atom is -0.397 e. The number of anilines is 2. The highest BCUT2D eigenvalue weighted by Crippen LogP contribution is 2.29. The summed E-state index contributed by atoms with van der Waals surface area (Å²) in [4.78, 5) is 5.30. The zero-order valence-corrected chi connectivity index (χ0v) is 13.4. The van der Waals surface area contributed by atoms with Gasteiger partial charge < -0.3 is 5.73 Å². The van der Waals surface area contributed by atoms with Gasteiger partial charge in [-0.1, -0.05) is 12.1 Å². The van der Waals surface area contributed by atoms with Crippen molar-refractivity contribution in [2.75, 3.05) is 10.5 Å². The van der Waals surface area contributed by atoms with Crippen LogP contribution < -0.4 is 10.5 Å². The summed E-state index contributed by atoms with van der Waals surface area (Å²) in [6.45, 7) is 7.25. The van der Waals surface area contributed by atoms with E-state index in [0.717, 1.165) is 16.1 Å². The highest BCUT2D eigenvalue weighted by Gasteiger charge is 2.22. The molecule has 0 saturated carbocycles. The fraction of sp³-hybridized carbons (Fsp3) is 0.308. The van der Waals surface area contributed by atoms with Gasteiger partial charge in [-0.05, 0) is 38.8 Å². The lowest BCUT2D eigenvalue weighted by molar-refractivity contribution is 0.601. The Hall–Kier alpha value is -1.60. The lowest BCUT2D eigenvalue weighted by atomic mass is 10.1. The second-order valence-electron chi connectivity index (χ2n) is 4.71. The minimum atomic E-state index is -3.73. The van der Waals surface area contributed by atoms with Crippen LogP contribution >= 0.6 is 11.3 Å². The second-order valence-corrected chi connectivity index (χ2v) is 7.53. The average Bonchev–Trinajstić information content (AvgIpc) is 2.62. The monoisotopic (exact) mass is 311 g/mol. The van der Waals surface area contributed by atoms with Gasteiger partial charge in [-0.25, -0.2) is 13.4 Å². The zero-order chi connectivity index (χ0) is 15.1. The van der Waals surface area contributed by atoms with Crippen LogP contribution in [0.3, 0.4) is 0 Å². The number of hydrogen-bond donors (Lipinski definition) is 2. The lowest BCUT2D eigenvalue weighted by Crippen LogP contribution is -2.16. The molecule has 0 spiro atoms. The molecule has 108 valence electrons. The van der Waals surface area contributed by atoms with Crippen LogP contribution in [-0.4, -0.2) is 13.4 Å². The van der Waals surface area contributed by atoms with Crippen LogP contribution in [0.25, 0.3) is 0 Å². The number of aromatic nitrogens is 1. The van der Waals surface area contributed by atoms with E-state index in [4.69, 9.17) is 5.73 Å². The summed E-state index contributed by atoms with van der Waals surface area (Å²) in [5.41, 5.74) is 8.38. The Balaban J connectivity index is 2.48. The molecule has 3 N–H and O–H groups in total. The molecule has 0 aliphatic rings. The molecule has 0 unspecified atom stereocenters. The Kier molecular flexibility index (Phi) is 3.75. The first-order chi connectivity index (χ1) is 9.22. The fourth-order valence-electron chi connectivity index (χ4n) is 1.85. The summed E-state index contributed by atoms with van der Waals surface area (Å²) in [5.74, 6) is 0. The highest BCUT2D eigenvalue weighted by atomic mass is 32.2. The summed E-state index contributed by atoms with van der Waals surface area (Å²) >= 11 is 1.31. The summed E-state index contributed by atoms with van der Waals surface area (Å²) < 4.78 is 27.5. The van der Waals surface area contributed by atoms with Crippen molar-refractivity contribution in [1.29, 1.82) is 0 Å². The standard InChI is InChI=1S/C13H17N3O2S2/c1-7-5-6-8(2)12(11(7)14)20(17,18)16-13-15-9(3)10(4)19-13/h5-6H,14H2,1-4H3,(H,15,16). The van der Waals surface area contributed by atoms with Crippen molar-refractivity contribution in [3.63, 3.8) is 0 Å².